The van der Waals surface area contributed by atoms with E-state index in [4.69, 9.17) is 0 Å². The maximum absolute atomic E-state index is 12.5. The van der Waals surface area contributed by atoms with Gasteiger partial charge in [0, 0.05) is 14.1 Å². The quantitative estimate of drug-likeness (QED) is 0.878. The van der Waals surface area contributed by atoms with Gasteiger partial charge in [-0.2, -0.15) is 0 Å². The van der Waals surface area contributed by atoms with Crippen LogP contribution in [0.1, 0.15) is 11.1 Å². The molecule has 6 nitrogen and oxygen atoms in total. The van der Waals surface area contributed by atoms with Gasteiger partial charge < -0.3 is 0 Å². The normalized spacial score (nSPS) is 12.4. The van der Waals surface area contributed by atoms with Gasteiger partial charge in [0.1, 0.15) is 0 Å². The SMILES string of the molecule is Cc1cccc(S(=O)(=O)Nc2ccc(C)c(S(=O)(=O)N(C)C)c2)c1. The van der Waals surface area contributed by atoms with Gasteiger partial charge in [-0.25, -0.2) is 21.1 Å². The number of hydrogen-bond acceptors (Lipinski definition) is 4. The maximum Gasteiger partial charge on any atom is 0.261 e. The van der Waals surface area contributed by atoms with Gasteiger partial charge in [-0.3, -0.25) is 4.72 Å². The molecule has 0 heterocycles. The van der Waals surface area contributed by atoms with Crippen LogP contribution < -0.4 is 4.72 Å². The summed E-state index contributed by atoms with van der Waals surface area (Å²) >= 11 is 0. The number of benzene rings is 2. The summed E-state index contributed by atoms with van der Waals surface area (Å²) in [5.74, 6) is 0. The molecule has 0 unspecified atom stereocenters. The van der Waals surface area contributed by atoms with Crippen molar-refractivity contribution in [3.63, 3.8) is 0 Å². The minimum atomic E-state index is -3.79. The van der Waals surface area contributed by atoms with Crippen molar-refractivity contribution in [2.75, 3.05) is 18.8 Å². The molecule has 0 aromatic heterocycles. The smallest absolute Gasteiger partial charge is 0.261 e. The molecule has 0 aliphatic heterocycles. The molecule has 2 aromatic rings. The molecule has 0 amide bonds. The van der Waals surface area contributed by atoms with E-state index >= 15 is 0 Å². The van der Waals surface area contributed by atoms with E-state index in [1.807, 2.05) is 0 Å². The van der Waals surface area contributed by atoms with Crippen LogP contribution in [0, 0.1) is 13.8 Å². The molecule has 0 bridgehead atoms. The molecule has 24 heavy (non-hydrogen) atoms. The van der Waals surface area contributed by atoms with Crippen molar-refractivity contribution in [2.24, 2.45) is 0 Å². The van der Waals surface area contributed by atoms with Crippen molar-refractivity contribution in [2.45, 2.75) is 23.6 Å². The van der Waals surface area contributed by atoms with Crippen LogP contribution in [0.2, 0.25) is 0 Å². The van der Waals surface area contributed by atoms with Crippen LogP contribution in [0.15, 0.2) is 52.3 Å². The summed E-state index contributed by atoms with van der Waals surface area (Å²) in [5, 5.41) is 0. The highest BCUT2D eigenvalue weighted by molar-refractivity contribution is 7.92. The molecule has 2 rings (SSSR count). The minimum Gasteiger partial charge on any atom is -0.280 e. The lowest BCUT2D eigenvalue weighted by molar-refractivity contribution is 0.520. The molecule has 0 spiro atoms. The van der Waals surface area contributed by atoms with E-state index in [9.17, 15) is 16.8 Å². The molecule has 8 heteroatoms. The van der Waals surface area contributed by atoms with Gasteiger partial charge in [-0.1, -0.05) is 18.2 Å². The molecule has 0 atom stereocenters. The lowest BCUT2D eigenvalue weighted by Crippen LogP contribution is -2.23. The van der Waals surface area contributed by atoms with E-state index in [0.717, 1.165) is 9.87 Å². The first kappa shape index (κ1) is 18.4. The second kappa shape index (κ2) is 6.54. The Morgan fingerprint density at radius 2 is 1.58 bits per heavy atom. The van der Waals surface area contributed by atoms with Crippen LogP contribution in [0.5, 0.6) is 0 Å². The predicted molar refractivity (Wildman–Crippen MR) is 94.0 cm³/mol. The van der Waals surface area contributed by atoms with E-state index in [1.165, 1.54) is 32.3 Å². The summed E-state index contributed by atoms with van der Waals surface area (Å²) in [4.78, 5) is 0.192. The molecule has 0 aliphatic rings. The van der Waals surface area contributed by atoms with E-state index in [1.54, 1.807) is 38.1 Å². The summed E-state index contributed by atoms with van der Waals surface area (Å²) in [7, 11) is -4.59. The minimum absolute atomic E-state index is 0.0666. The first-order valence-electron chi connectivity index (χ1n) is 7.17. The van der Waals surface area contributed by atoms with Gasteiger partial charge in [-0.05, 0) is 49.2 Å². The molecular formula is C16H20N2O4S2. The monoisotopic (exact) mass is 368 g/mol. The Morgan fingerprint density at radius 3 is 2.17 bits per heavy atom. The van der Waals surface area contributed by atoms with Crippen molar-refractivity contribution in [3.8, 4) is 0 Å². The first-order chi connectivity index (χ1) is 11.0. The van der Waals surface area contributed by atoms with Crippen molar-refractivity contribution < 1.29 is 16.8 Å². The van der Waals surface area contributed by atoms with Crippen LogP contribution in [0.3, 0.4) is 0 Å². The van der Waals surface area contributed by atoms with Gasteiger partial charge in [0.05, 0.1) is 15.5 Å². The van der Waals surface area contributed by atoms with Crippen molar-refractivity contribution >= 4 is 25.7 Å². The summed E-state index contributed by atoms with van der Waals surface area (Å²) < 4.78 is 53.1. The third-order valence-corrected chi connectivity index (χ3v) is 6.83. The van der Waals surface area contributed by atoms with Gasteiger partial charge in [-0.15, -0.1) is 0 Å². The van der Waals surface area contributed by atoms with Crippen molar-refractivity contribution in [3.05, 3.63) is 53.6 Å². The van der Waals surface area contributed by atoms with Gasteiger partial charge in [0.15, 0.2) is 0 Å². The average molecular weight is 368 g/mol. The molecule has 0 aliphatic carbocycles. The molecule has 2 aromatic carbocycles. The highest BCUT2D eigenvalue weighted by Gasteiger charge is 2.21. The number of hydrogen-bond donors (Lipinski definition) is 1. The number of nitrogens with zero attached hydrogens (tertiary/aromatic N) is 1. The Morgan fingerprint density at radius 1 is 0.917 bits per heavy atom. The number of sulfonamides is 2. The lowest BCUT2D eigenvalue weighted by atomic mass is 10.2. The van der Waals surface area contributed by atoms with Gasteiger partial charge >= 0.3 is 0 Å². The zero-order valence-corrected chi connectivity index (χ0v) is 15.6. The largest absolute Gasteiger partial charge is 0.280 e. The Balaban J connectivity index is 2.45. The standard InChI is InChI=1S/C16H20N2O4S2/c1-12-6-5-7-15(10-12)23(19,20)17-14-9-8-13(2)16(11-14)24(21,22)18(3)4/h5-11,17H,1-4H3. The Kier molecular flexibility index (Phi) is 5.03. The predicted octanol–water partition coefficient (Wildman–Crippen LogP) is 2.35. The zero-order chi connectivity index (χ0) is 18.1. The topological polar surface area (TPSA) is 83.5 Å². The Bertz CT molecular complexity index is 965. The first-order valence-corrected chi connectivity index (χ1v) is 10.1. The third-order valence-electron chi connectivity index (χ3n) is 3.50. The lowest BCUT2D eigenvalue weighted by Gasteiger charge is -2.15. The number of aryl methyl sites for hydroxylation is 2. The van der Waals surface area contributed by atoms with Crippen LogP contribution in [0.4, 0.5) is 5.69 Å². The molecule has 0 fully saturated rings. The van der Waals surface area contributed by atoms with Gasteiger partial charge in [0.25, 0.3) is 10.0 Å². The highest BCUT2D eigenvalue weighted by atomic mass is 32.2. The Labute approximate surface area is 143 Å². The van der Waals surface area contributed by atoms with Gasteiger partial charge in [0.2, 0.25) is 10.0 Å². The summed E-state index contributed by atoms with van der Waals surface area (Å²) in [5.41, 5.74) is 1.56. The van der Waals surface area contributed by atoms with E-state index < -0.39 is 20.0 Å². The number of rotatable bonds is 5. The van der Waals surface area contributed by atoms with E-state index in [2.05, 4.69) is 4.72 Å². The molecule has 0 radical (unpaired) electrons. The van der Waals surface area contributed by atoms with Crippen LogP contribution in [0.25, 0.3) is 0 Å². The van der Waals surface area contributed by atoms with E-state index in [0.29, 0.717) is 5.56 Å². The third kappa shape index (κ3) is 3.77. The molecular weight excluding hydrogens is 348 g/mol. The molecule has 0 saturated carbocycles. The Hall–Kier alpha value is -1.90. The fraction of sp³-hybridized carbons (Fsp3) is 0.250. The van der Waals surface area contributed by atoms with Crippen LogP contribution >= 0.6 is 0 Å². The van der Waals surface area contributed by atoms with Crippen molar-refractivity contribution in [1.82, 2.24) is 4.31 Å². The van der Waals surface area contributed by atoms with Crippen molar-refractivity contribution in [1.29, 1.82) is 0 Å². The van der Waals surface area contributed by atoms with Crippen LogP contribution in [-0.2, 0) is 20.0 Å². The highest BCUT2D eigenvalue weighted by Crippen LogP contribution is 2.24. The molecule has 0 saturated heterocycles. The average Bonchev–Trinajstić information content (AvgIpc) is 2.48. The number of nitrogens with one attached hydrogen (secondary N) is 1. The summed E-state index contributed by atoms with van der Waals surface area (Å²) in [6.45, 7) is 3.46. The second-order valence-corrected chi connectivity index (χ2v) is 9.49. The fourth-order valence-electron chi connectivity index (χ4n) is 2.13. The fourth-order valence-corrected chi connectivity index (χ4v) is 4.43. The summed E-state index contributed by atoms with van der Waals surface area (Å²) in [6, 6.07) is 10.9. The second-order valence-electron chi connectivity index (χ2n) is 5.69. The van der Waals surface area contributed by atoms with Crippen LogP contribution in [-0.4, -0.2) is 35.2 Å². The molecule has 130 valence electrons. The summed E-state index contributed by atoms with van der Waals surface area (Å²) in [6.07, 6.45) is 0. The zero-order valence-electron chi connectivity index (χ0n) is 13.9. The molecule has 1 N–H and O–H groups in total. The maximum atomic E-state index is 12.5. The number of anilines is 1. The van der Waals surface area contributed by atoms with E-state index in [-0.39, 0.29) is 15.5 Å².